The molecule has 3 aliphatic rings. The minimum Gasteiger partial charge on any atom is -0.507 e. The Bertz CT molecular complexity index is 1230. The standard InChI is InChI=1S/C27H28O7/c1-7-14-8-9-16(29)18-15(14)10-25(5)11-26(6)19(12(2)3)21(30)17(13(4)28)23(32)27(26,34)24(33)20(25)22(18)31/h1,8-9,12,17,19-20,29,34H,10-11H2,2-6H3/t17?,19?,20?,25-,26-,27+/m1/s1. The van der Waals surface area contributed by atoms with Crippen LogP contribution in [0.2, 0.25) is 0 Å². The number of aromatic hydroxyl groups is 1. The van der Waals surface area contributed by atoms with Gasteiger partial charge in [-0.15, -0.1) is 6.42 Å². The molecule has 3 unspecified atom stereocenters. The molecule has 4 rings (SSSR count). The maximum absolute atomic E-state index is 14.0. The third-order valence-electron chi connectivity index (χ3n) is 8.42. The first kappa shape index (κ1) is 24.0. The molecule has 34 heavy (non-hydrogen) atoms. The molecule has 0 radical (unpaired) electrons. The lowest BCUT2D eigenvalue weighted by atomic mass is 9.40. The average Bonchev–Trinajstić information content (AvgIpc) is 2.70. The van der Waals surface area contributed by atoms with Crippen molar-refractivity contribution in [3.63, 3.8) is 0 Å². The first-order valence-corrected chi connectivity index (χ1v) is 11.4. The van der Waals surface area contributed by atoms with Gasteiger partial charge in [-0.2, -0.15) is 0 Å². The zero-order chi connectivity index (χ0) is 25.5. The number of hydrogen-bond acceptors (Lipinski definition) is 7. The fourth-order valence-corrected chi connectivity index (χ4v) is 7.27. The molecule has 7 nitrogen and oxygen atoms in total. The van der Waals surface area contributed by atoms with Crippen LogP contribution in [0.1, 0.15) is 62.5 Å². The van der Waals surface area contributed by atoms with Crippen molar-refractivity contribution in [1.82, 2.24) is 0 Å². The Balaban J connectivity index is 2.01. The van der Waals surface area contributed by atoms with E-state index in [1.54, 1.807) is 20.8 Å². The van der Waals surface area contributed by atoms with Gasteiger partial charge in [0.25, 0.3) is 0 Å². The third-order valence-corrected chi connectivity index (χ3v) is 8.42. The minimum atomic E-state index is -2.69. The molecule has 6 atom stereocenters. The topological polar surface area (TPSA) is 126 Å². The molecule has 2 N–H and O–H groups in total. The van der Waals surface area contributed by atoms with Crippen molar-refractivity contribution < 1.29 is 34.2 Å². The highest BCUT2D eigenvalue weighted by Crippen LogP contribution is 2.63. The summed E-state index contributed by atoms with van der Waals surface area (Å²) in [6.45, 7) is 7.83. The number of carbonyl (C=O) groups is 5. The zero-order valence-electron chi connectivity index (χ0n) is 19.9. The molecule has 0 aliphatic heterocycles. The SMILES string of the molecule is C#Cc1ccc(O)c2c1C[C@]1(C)C[C@]3(C)C(C(C)C)C(=O)C(C(C)=O)C(=O)[C@]3(O)C(=O)C1C2=O. The molecule has 2 fully saturated rings. The van der Waals surface area contributed by atoms with Gasteiger partial charge < -0.3 is 10.2 Å². The molecule has 178 valence electrons. The van der Waals surface area contributed by atoms with Gasteiger partial charge in [0.15, 0.2) is 28.7 Å². The van der Waals surface area contributed by atoms with Crippen LogP contribution >= 0.6 is 0 Å². The molecule has 0 saturated heterocycles. The maximum Gasteiger partial charge on any atom is 0.190 e. The average molecular weight is 465 g/mol. The number of fused-ring (bicyclic) bond motifs is 3. The molecule has 0 spiro atoms. The van der Waals surface area contributed by atoms with E-state index in [9.17, 15) is 34.2 Å². The van der Waals surface area contributed by atoms with Crippen molar-refractivity contribution in [2.45, 2.75) is 53.1 Å². The van der Waals surface area contributed by atoms with Crippen molar-refractivity contribution in [2.24, 2.45) is 34.5 Å². The number of ketones is 5. The Kier molecular flexibility index (Phi) is 5.08. The molecule has 3 aliphatic carbocycles. The van der Waals surface area contributed by atoms with Crippen LogP contribution in [-0.2, 0) is 25.6 Å². The van der Waals surface area contributed by atoms with E-state index in [-0.39, 0.29) is 30.1 Å². The minimum absolute atomic E-state index is 0.00268. The second-order valence-corrected chi connectivity index (χ2v) is 11.0. The highest BCUT2D eigenvalue weighted by Gasteiger charge is 2.76. The molecule has 0 bridgehead atoms. The van der Waals surface area contributed by atoms with E-state index in [0.29, 0.717) is 11.1 Å². The number of terminal acetylenes is 1. The normalized spacial score (nSPS) is 37.1. The summed E-state index contributed by atoms with van der Waals surface area (Å²) in [4.78, 5) is 66.9. The zero-order valence-corrected chi connectivity index (χ0v) is 19.9. The second kappa shape index (κ2) is 7.19. The van der Waals surface area contributed by atoms with E-state index in [1.807, 2.05) is 0 Å². The number of benzene rings is 1. The predicted octanol–water partition coefficient (Wildman–Crippen LogP) is 2.07. The third kappa shape index (κ3) is 2.66. The smallest absolute Gasteiger partial charge is 0.190 e. The Labute approximate surface area is 197 Å². The largest absolute Gasteiger partial charge is 0.507 e. The molecule has 1 aromatic rings. The van der Waals surface area contributed by atoms with Gasteiger partial charge in [-0.3, -0.25) is 24.0 Å². The van der Waals surface area contributed by atoms with Gasteiger partial charge in [-0.05, 0) is 48.8 Å². The van der Waals surface area contributed by atoms with Crippen LogP contribution in [0.4, 0.5) is 0 Å². The lowest BCUT2D eigenvalue weighted by Crippen LogP contribution is -2.76. The summed E-state index contributed by atoms with van der Waals surface area (Å²) in [7, 11) is 0. The number of rotatable bonds is 2. The quantitative estimate of drug-likeness (QED) is 0.507. The van der Waals surface area contributed by atoms with Crippen molar-refractivity contribution in [3.05, 3.63) is 28.8 Å². The Hall–Kier alpha value is -3.11. The van der Waals surface area contributed by atoms with Gasteiger partial charge >= 0.3 is 0 Å². The molecule has 0 amide bonds. The summed E-state index contributed by atoms with van der Waals surface area (Å²) in [5.74, 6) is -6.58. The second-order valence-electron chi connectivity index (χ2n) is 11.0. The van der Waals surface area contributed by atoms with E-state index in [4.69, 9.17) is 6.42 Å². The van der Waals surface area contributed by atoms with Crippen LogP contribution in [0, 0.1) is 46.8 Å². The number of carbonyl (C=O) groups excluding carboxylic acids is 5. The number of Topliss-reactive ketones (excluding diaryl/α,β-unsaturated/α-hetero) is 5. The Morgan fingerprint density at radius 3 is 2.29 bits per heavy atom. The first-order chi connectivity index (χ1) is 15.7. The monoisotopic (exact) mass is 464 g/mol. The summed E-state index contributed by atoms with van der Waals surface area (Å²) in [5.41, 5.74) is -4.53. The fraction of sp³-hybridized carbons (Fsp3) is 0.519. The predicted molar refractivity (Wildman–Crippen MR) is 121 cm³/mol. The number of aliphatic hydroxyl groups is 1. The number of hydrogen-bond donors (Lipinski definition) is 2. The van der Waals surface area contributed by atoms with Crippen molar-refractivity contribution in [3.8, 4) is 18.1 Å². The molecular weight excluding hydrogens is 436 g/mol. The van der Waals surface area contributed by atoms with E-state index in [2.05, 4.69) is 5.92 Å². The summed E-state index contributed by atoms with van der Waals surface area (Å²) >= 11 is 0. The molecule has 2 saturated carbocycles. The van der Waals surface area contributed by atoms with Gasteiger partial charge in [-0.1, -0.05) is 33.6 Å². The van der Waals surface area contributed by atoms with Gasteiger partial charge in [0.2, 0.25) is 0 Å². The Morgan fingerprint density at radius 2 is 1.76 bits per heavy atom. The van der Waals surface area contributed by atoms with E-state index >= 15 is 0 Å². The summed E-state index contributed by atoms with van der Waals surface area (Å²) < 4.78 is 0. The van der Waals surface area contributed by atoms with Crippen molar-refractivity contribution in [2.75, 3.05) is 0 Å². The summed E-state index contributed by atoms with van der Waals surface area (Å²) in [6, 6.07) is 2.81. The van der Waals surface area contributed by atoms with E-state index in [0.717, 1.165) is 6.92 Å². The van der Waals surface area contributed by atoms with Crippen LogP contribution in [0.5, 0.6) is 5.75 Å². The molecular formula is C27H28O7. The lowest BCUT2D eigenvalue weighted by molar-refractivity contribution is -0.205. The van der Waals surface area contributed by atoms with Gasteiger partial charge in [0.05, 0.1) is 11.5 Å². The first-order valence-electron chi connectivity index (χ1n) is 11.4. The number of phenolic OH excluding ortho intramolecular Hbond substituents is 1. The van der Waals surface area contributed by atoms with Gasteiger partial charge in [0.1, 0.15) is 17.5 Å². The molecule has 0 aromatic heterocycles. The van der Waals surface area contributed by atoms with Crippen LogP contribution < -0.4 is 0 Å². The van der Waals surface area contributed by atoms with Crippen LogP contribution in [0.25, 0.3) is 0 Å². The molecule has 1 aromatic carbocycles. The number of phenols is 1. The van der Waals surface area contributed by atoms with E-state index in [1.165, 1.54) is 19.1 Å². The van der Waals surface area contributed by atoms with Crippen LogP contribution in [0.3, 0.4) is 0 Å². The highest BCUT2D eigenvalue weighted by atomic mass is 16.3. The Morgan fingerprint density at radius 1 is 1.15 bits per heavy atom. The fourth-order valence-electron chi connectivity index (χ4n) is 7.27. The van der Waals surface area contributed by atoms with Crippen molar-refractivity contribution in [1.29, 1.82) is 0 Å². The van der Waals surface area contributed by atoms with Crippen LogP contribution in [0.15, 0.2) is 12.1 Å². The van der Waals surface area contributed by atoms with Gasteiger partial charge in [-0.25, -0.2) is 0 Å². The van der Waals surface area contributed by atoms with Crippen molar-refractivity contribution >= 4 is 28.9 Å². The van der Waals surface area contributed by atoms with E-state index < -0.39 is 63.1 Å². The maximum atomic E-state index is 14.0. The lowest BCUT2D eigenvalue weighted by Gasteiger charge is -2.61. The van der Waals surface area contributed by atoms with Gasteiger partial charge in [0, 0.05) is 16.9 Å². The van der Waals surface area contributed by atoms with Crippen LogP contribution in [-0.4, -0.2) is 44.7 Å². The molecule has 0 heterocycles. The highest BCUT2D eigenvalue weighted by molar-refractivity contribution is 6.32. The summed E-state index contributed by atoms with van der Waals surface area (Å²) in [5, 5.41) is 22.3. The molecule has 7 heteroatoms. The summed E-state index contributed by atoms with van der Waals surface area (Å²) in [6.07, 6.45) is 5.78.